The van der Waals surface area contributed by atoms with Gasteiger partial charge in [0.25, 0.3) is 0 Å². The highest BCUT2D eigenvalue weighted by Gasteiger charge is 2.35. The number of para-hydroxylation sites is 1. The third kappa shape index (κ3) is 3.61. The molecule has 0 saturated carbocycles. The summed E-state index contributed by atoms with van der Waals surface area (Å²) in [5.74, 6) is 1.38. The highest BCUT2D eigenvalue weighted by Crippen LogP contribution is 2.39. The Morgan fingerprint density at radius 2 is 1.84 bits per heavy atom. The third-order valence-corrected chi connectivity index (χ3v) is 4.69. The first-order chi connectivity index (χ1) is 12.1. The molecule has 5 heteroatoms. The molecule has 3 rings (SSSR count). The average molecular weight is 340 g/mol. The van der Waals surface area contributed by atoms with Gasteiger partial charge in [0.2, 0.25) is 5.91 Å². The van der Waals surface area contributed by atoms with Crippen LogP contribution >= 0.6 is 0 Å². The van der Waals surface area contributed by atoms with E-state index in [0.717, 1.165) is 30.0 Å². The van der Waals surface area contributed by atoms with E-state index in [1.165, 1.54) is 5.56 Å². The zero-order valence-corrected chi connectivity index (χ0v) is 14.9. The summed E-state index contributed by atoms with van der Waals surface area (Å²) in [6, 6.07) is 13.5. The van der Waals surface area contributed by atoms with Gasteiger partial charge in [0, 0.05) is 24.2 Å². The molecule has 1 aliphatic heterocycles. The number of carbonyl (C=O) groups excluding carboxylic acids is 1. The van der Waals surface area contributed by atoms with Crippen LogP contribution in [0.4, 0.5) is 5.69 Å². The molecular weight excluding hydrogens is 316 g/mol. The molecule has 132 valence electrons. The van der Waals surface area contributed by atoms with E-state index in [-0.39, 0.29) is 5.91 Å². The summed E-state index contributed by atoms with van der Waals surface area (Å²) in [6.45, 7) is 2.87. The van der Waals surface area contributed by atoms with E-state index in [0.29, 0.717) is 12.2 Å². The maximum Gasteiger partial charge on any atom is 0.226 e. The Bertz CT molecular complexity index is 761. The highest BCUT2D eigenvalue weighted by molar-refractivity contribution is 5.91. The molecule has 0 saturated heterocycles. The lowest BCUT2D eigenvalue weighted by atomic mass is 9.81. The van der Waals surface area contributed by atoms with Crippen LogP contribution < -0.4 is 20.1 Å². The fourth-order valence-corrected chi connectivity index (χ4v) is 3.42. The summed E-state index contributed by atoms with van der Waals surface area (Å²) >= 11 is 0. The molecular formula is C20H24N2O3. The molecule has 1 atom stereocenters. The van der Waals surface area contributed by atoms with Crippen LogP contribution in [-0.2, 0) is 16.8 Å². The van der Waals surface area contributed by atoms with Gasteiger partial charge >= 0.3 is 0 Å². The van der Waals surface area contributed by atoms with Crippen LogP contribution in [0.1, 0.15) is 24.5 Å². The van der Waals surface area contributed by atoms with Crippen molar-refractivity contribution in [2.75, 3.05) is 26.1 Å². The van der Waals surface area contributed by atoms with Crippen LogP contribution in [0.15, 0.2) is 42.5 Å². The topological polar surface area (TPSA) is 59.6 Å². The molecule has 0 fully saturated rings. The lowest BCUT2D eigenvalue weighted by Crippen LogP contribution is -2.47. The van der Waals surface area contributed by atoms with Gasteiger partial charge < -0.3 is 20.1 Å². The number of ether oxygens (including phenoxy) is 2. The summed E-state index contributed by atoms with van der Waals surface area (Å²) < 4.78 is 10.8. The number of rotatable bonds is 5. The van der Waals surface area contributed by atoms with E-state index in [1.54, 1.807) is 14.2 Å². The van der Waals surface area contributed by atoms with Crippen LogP contribution in [-0.4, -0.2) is 26.7 Å². The van der Waals surface area contributed by atoms with Crippen molar-refractivity contribution in [3.05, 3.63) is 53.6 Å². The van der Waals surface area contributed by atoms with Crippen LogP contribution in [0.2, 0.25) is 0 Å². The van der Waals surface area contributed by atoms with E-state index in [9.17, 15) is 4.79 Å². The quantitative estimate of drug-likeness (QED) is 0.878. The molecule has 0 bridgehead atoms. The van der Waals surface area contributed by atoms with E-state index >= 15 is 0 Å². The summed E-state index contributed by atoms with van der Waals surface area (Å²) in [5, 5.41) is 6.46. The van der Waals surface area contributed by atoms with E-state index in [1.807, 2.05) is 42.5 Å². The maximum atomic E-state index is 12.6. The Kier molecular flexibility index (Phi) is 4.95. The molecule has 0 aliphatic carbocycles. The average Bonchev–Trinajstić information content (AvgIpc) is 2.61. The van der Waals surface area contributed by atoms with E-state index in [2.05, 4.69) is 17.6 Å². The SMILES string of the molecule is COc1cc2c(cc1OC)C(C)(CC(=O)Nc1ccccc1)NCC2. The van der Waals surface area contributed by atoms with E-state index < -0.39 is 5.54 Å². The van der Waals surface area contributed by atoms with Gasteiger partial charge in [-0.3, -0.25) is 4.79 Å². The van der Waals surface area contributed by atoms with Gasteiger partial charge in [-0.15, -0.1) is 0 Å². The minimum Gasteiger partial charge on any atom is -0.493 e. The molecule has 0 spiro atoms. The Morgan fingerprint density at radius 3 is 2.52 bits per heavy atom. The summed E-state index contributed by atoms with van der Waals surface area (Å²) in [7, 11) is 3.26. The zero-order chi connectivity index (χ0) is 17.9. The first kappa shape index (κ1) is 17.3. The lowest BCUT2D eigenvalue weighted by Gasteiger charge is -2.37. The van der Waals surface area contributed by atoms with Gasteiger partial charge in [0.1, 0.15) is 0 Å². The monoisotopic (exact) mass is 340 g/mol. The summed E-state index contributed by atoms with van der Waals surface area (Å²) in [5.41, 5.74) is 2.62. The van der Waals surface area contributed by atoms with Crippen molar-refractivity contribution in [3.8, 4) is 11.5 Å². The predicted octanol–water partition coefficient (Wildman–Crippen LogP) is 3.09. The molecule has 2 N–H and O–H groups in total. The fourth-order valence-electron chi connectivity index (χ4n) is 3.42. The zero-order valence-electron chi connectivity index (χ0n) is 14.9. The Labute approximate surface area is 148 Å². The number of fused-ring (bicyclic) bond motifs is 1. The summed E-state index contributed by atoms with van der Waals surface area (Å²) in [4.78, 5) is 12.6. The van der Waals surface area contributed by atoms with Gasteiger partial charge in [0.15, 0.2) is 11.5 Å². The molecule has 5 nitrogen and oxygen atoms in total. The standard InChI is InChI=1S/C20H24N2O3/c1-20(13-19(23)22-15-7-5-4-6-8-15)16-12-18(25-3)17(24-2)11-14(16)9-10-21-20/h4-8,11-12,21H,9-10,13H2,1-3H3,(H,22,23). The number of nitrogens with one attached hydrogen (secondary N) is 2. The number of hydrogen-bond donors (Lipinski definition) is 2. The van der Waals surface area contributed by atoms with Crippen molar-refractivity contribution in [2.24, 2.45) is 0 Å². The van der Waals surface area contributed by atoms with Crippen molar-refractivity contribution in [3.63, 3.8) is 0 Å². The number of methoxy groups -OCH3 is 2. The van der Waals surface area contributed by atoms with Gasteiger partial charge in [-0.2, -0.15) is 0 Å². The Hall–Kier alpha value is -2.53. The molecule has 25 heavy (non-hydrogen) atoms. The van der Waals surface area contributed by atoms with Gasteiger partial charge in [-0.25, -0.2) is 0 Å². The first-order valence-electron chi connectivity index (χ1n) is 8.41. The second-order valence-corrected chi connectivity index (χ2v) is 6.46. The van der Waals surface area contributed by atoms with Gasteiger partial charge in [0.05, 0.1) is 14.2 Å². The van der Waals surface area contributed by atoms with Crippen molar-refractivity contribution >= 4 is 11.6 Å². The number of benzene rings is 2. The first-order valence-corrected chi connectivity index (χ1v) is 8.41. The molecule has 1 unspecified atom stereocenters. The van der Waals surface area contributed by atoms with E-state index in [4.69, 9.17) is 9.47 Å². The molecule has 2 aromatic rings. The van der Waals surface area contributed by atoms with Gasteiger partial charge in [-0.05, 0) is 48.7 Å². The number of hydrogen-bond acceptors (Lipinski definition) is 4. The van der Waals surface area contributed by atoms with Crippen LogP contribution in [0.5, 0.6) is 11.5 Å². The maximum absolute atomic E-state index is 12.6. The number of anilines is 1. The molecule has 1 amide bonds. The smallest absolute Gasteiger partial charge is 0.226 e. The van der Waals surface area contributed by atoms with Gasteiger partial charge in [-0.1, -0.05) is 18.2 Å². The Balaban J connectivity index is 1.86. The normalized spacial score (nSPS) is 19.0. The van der Waals surface area contributed by atoms with Crippen LogP contribution in [0.25, 0.3) is 0 Å². The molecule has 1 heterocycles. The van der Waals surface area contributed by atoms with Crippen LogP contribution in [0.3, 0.4) is 0 Å². The highest BCUT2D eigenvalue weighted by atomic mass is 16.5. The minimum atomic E-state index is -0.452. The molecule has 2 aromatic carbocycles. The number of amides is 1. The minimum absolute atomic E-state index is 0.0242. The second kappa shape index (κ2) is 7.15. The van der Waals surface area contributed by atoms with Crippen molar-refractivity contribution in [1.82, 2.24) is 5.32 Å². The van der Waals surface area contributed by atoms with Crippen molar-refractivity contribution in [2.45, 2.75) is 25.3 Å². The predicted molar refractivity (Wildman–Crippen MR) is 98.3 cm³/mol. The largest absolute Gasteiger partial charge is 0.493 e. The third-order valence-electron chi connectivity index (χ3n) is 4.69. The second-order valence-electron chi connectivity index (χ2n) is 6.46. The number of carbonyl (C=O) groups is 1. The molecule has 0 radical (unpaired) electrons. The van der Waals surface area contributed by atoms with Crippen molar-refractivity contribution in [1.29, 1.82) is 0 Å². The fraction of sp³-hybridized carbons (Fsp3) is 0.350. The molecule has 0 aromatic heterocycles. The lowest BCUT2D eigenvalue weighted by molar-refractivity contribution is -0.117. The van der Waals surface area contributed by atoms with Crippen molar-refractivity contribution < 1.29 is 14.3 Å². The van der Waals surface area contributed by atoms with Crippen LogP contribution in [0, 0.1) is 0 Å². The Morgan fingerprint density at radius 1 is 1.16 bits per heavy atom. The molecule has 1 aliphatic rings. The summed E-state index contributed by atoms with van der Waals surface area (Å²) in [6.07, 6.45) is 1.23.